The zero-order valence-corrected chi connectivity index (χ0v) is 11.7. The summed E-state index contributed by atoms with van der Waals surface area (Å²) in [6, 6.07) is -1.10. The molecular weight excluding hydrogens is 266 g/mol. The monoisotopic (exact) mass is 283 g/mol. The van der Waals surface area contributed by atoms with E-state index < -0.39 is 12.0 Å². The molecule has 104 valence electrons. The summed E-state index contributed by atoms with van der Waals surface area (Å²) < 4.78 is 0. The van der Waals surface area contributed by atoms with Crippen LogP contribution in [-0.4, -0.2) is 39.6 Å². The number of anilines is 1. The molecule has 19 heavy (non-hydrogen) atoms. The van der Waals surface area contributed by atoms with E-state index in [4.69, 9.17) is 5.11 Å². The number of nitrogens with one attached hydrogen (secondary N) is 1. The summed E-state index contributed by atoms with van der Waals surface area (Å²) in [4.78, 5) is 28.7. The van der Waals surface area contributed by atoms with Gasteiger partial charge in [-0.15, -0.1) is 11.3 Å². The lowest BCUT2D eigenvalue weighted by Gasteiger charge is -2.20. The van der Waals surface area contributed by atoms with Crippen LogP contribution < -0.4 is 5.32 Å². The van der Waals surface area contributed by atoms with Crippen LogP contribution in [0.15, 0.2) is 5.38 Å². The number of carboxylic acid groups (broad SMARTS) is 1. The summed E-state index contributed by atoms with van der Waals surface area (Å²) in [5.41, 5.74) is 0.927. The number of aliphatic carboxylic acids is 1. The van der Waals surface area contributed by atoms with E-state index in [-0.39, 0.29) is 6.03 Å². The molecular formula is C12H17N3O3S. The number of thiazole rings is 1. The van der Waals surface area contributed by atoms with Crippen LogP contribution >= 0.6 is 11.3 Å². The van der Waals surface area contributed by atoms with Crippen molar-refractivity contribution in [3.63, 3.8) is 0 Å². The predicted octanol–water partition coefficient (Wildman–Crippen LogP) is 2.35. The van der Waals surface area contributed by atoms with Crippen LogP contribution in [0, 0.1) is 0 Å². The summed E-state index contributed by atoms with van der Waals surface area (Å²) in [6.45, 7) is 4.54. The minimum Gasteiger partial charge on any atom is -0.480 e. The number of aromatic nitrogens is 1. The third kappa shape index (κ3) is 3.04. The molecule has 2 amide bonds. The summed E-state index contributed by atoms with van der Waals surface area (Å²) in [7, 11) is 0. The van der Waals surface area contributed by atoms with Crippen LogP contribution in [-0.2, 0) is 4.79 Å². The lowest BCUT2D eigenvalue weighted by molar-refractivity contribution is -0.141. The lowest BCUT2D eigenvalue weighted by atomic mass is 10.2. The average Bonchev–Trinajstić information content (AvgIpc) is 2.96. The maximum absolute atomic E-state index is 12.0. The van der Waals surface area contributed by atoms with Gasteiger partial charge in [0.1, 0.15) is 6.04 Å². The second-order valence-corrected chi connectivity index (χ2v) is 5.71. The maximum atomic E-state index is 12.0. The standard InChI is InChI=1S/C12H17N3O3S/c1-7(2)8-6-19-11(13-8)14-12(18)15-5-3-4-9(15)10(16)17/h6-7,9H,3-5H2,1-2H3,(H,16,17)(H,13,14,18)/t9-/m0/s1. The van der Waals surface area contributed by atoms with Crippen molar-refractivity contribution in [2.45, 2.75) is 38.6 Å². The fraction of sp³-hybridized carbons (Fsp3) is 0.583. The number of likely N-dealkylation sites (tertiary alicyclic amines) is 1. The molecule has 0 aliphatic carbocycles. The Bertz CT molecular complexity index is 486. The molecule has 1 aromatic heterocycles. The normalized spacial score (nSPS) is 18.9. The molecule has 2 N–H and O–H groups in total. The smallest absolute Gasteiger partial charge is 0.326 e. The number of carboxylic acids is 1. The summed E-state index contributed by atoms with van der Waals surface area (Å²) in [6.07, 6.45) is 1.23. The Morgan fingerprint density at radius 1 is 1.58 bits per heavy atom. The van der Waals surface area contributed by atoms with Gasteiger partial charge in [0, 0.05) is 11.9 Å². The topological polar surface area (TPSA) is 82.5 Å². The van der Waals surface area contributed by atoms with E-state index in [1.165, 1.54) is 16.2 Å². The molecule has 0 saturated carbocycles. The summed E-state index contributed by atoms with van der Waals surface area (Å²) in [5, 5.41) is 14.1. The van der Waals surface area contributed by atoms with Crippen LogP contribution in [0.25, 0.3) is 0 Å². The molecule has 0 bridgehead atoms. The first-order valence-electron chi connectivity index (χ1n) is 6.25. The fourth-order valence-electron chi connectivity index (χ4n) is 2.04. The van der Waals surface area contributed by atoms with E-state index in [9.17, 15) is 9.59 Å². The van der Waals surface area contributed by atoms with E-state index >= 15 is 0 Å². The van der Waals surface area contributed by atoms with E-state index in [1.807, 2.05) is 19.2 Å². The van der Waals surface area contributed by atoms with Crippen LogP contribution in [0.4, 0.5) is 9.93 Å². The van der Waals surface area contributed by atoms with Crippen molar-refractivity contribution in [2.75, 3.05) is 11.9 Å². The minimum absolute atomic E-state index is 0.306. The quantitative estimate of drug-likeness (QED) is 0.892. The van der Waals surface area contributed by atoms with Crippen molar-refractivity contribution in [2.24, 2.45) is 0 Å². The number of nitrogens with zero attached hydrogens (tertiary/aromatic N) is 2. The lowest BCUT2D eigenvalue weighted by Crippen LogP contribution is -2.42. The molecule has 2 rings (SSSR count). The Balaban J connectivity index is 2.02. The number of urea groups is 1. The van der Waals surface area contributed by atoms with Crippen molar-refractivity contribution in [3.05, 3.63) is 11.1 Å². The number of hydrogen-bond donors (Lipinski definition) is 2. The van der Waals surface area contributed by atoms with Crippen LogP contribution in [0.3, 0.4) is 0 Å². The third-order valence-electron chi connectivity index (χ3n) is 3.13. The highest BCUT2D eigenvalue weighted by molar-refractivity contribution is 7.13. The molecule has 7 heteroatoms. The second-order valence-electron chi connectivity index (χ2n) is 4.85. The zero-order valence-electron chi connectivity index (χ0n) is 10.9. The fourth-order valence-corrected chi connectivity index (χ4v) is 2.90. The number of rotatable bonds is 3. The van der Waals surface area contributed by atoms with E-state index in [2.05, 4.69) is 10.3 Å². The molecule has 0 unspecified atom stereocenters. The minimum atomic E-state index is -0.949. The van der Waals surface area contributed by atoms with Crippen LogP contribution in [0.5, 0.6) is 0 Å². The molecule has 1 saturated heterocycles. The van der Waals surface area contributed by atoms with E-state index in [0.717, 1.165) is 12.1 Å². The van der Waals surface area contributed by atoms with Gasteiger partial charge in [0.25, 0.3) is 0 Å². The highest BCUT2D eigenvalue weighted by Gasteiger charge is 2.34. The highest BCUT2D eigenvalue weighted by atomic mass is 32.1. The van der Waals surface area contributed by atoms with Gasteiger partial charge in [0.05, 0.1) is 5.69 Å². The second kappa shape index (κ2) is 5.56. The predicted molar refractivity (Wildman–Crippen MR) is 72.6 cm³/mol. The van der Waals surface area contributed by atoms with Gasteiger partial charge in [-0.3, -0.25) is 5.32 Å². The van der Waals surface area contributed by atoms with E-state index in [1.54, 1.807) is 0 Å². The van der Waals surface area contributed by atoms with E-state index in [0.29, 0.717) is 24.0 Å². The average molecular weight is 283 g/mol. The first-order chi connectivity index (χ1) is 8.99. The van der Waals surface area contributed by atoms with Crippen molar-refractivity contribution in [1.82, 2.24) is 9.88 Å². The molecule has 1 fully saturated rings. The van der Waals surface area contributed by atoms with Gasteiger partial charge in [-0.05, 0) is 18.8 Å². The van der Waals surface area contributed by atoms with Gasteiger partial charge < -0.3 is 10.0 Å². The first kappa shape index (κ1) is 13.8. The van der Waals surface area contributed by atoms with Gasteiger partial charge in [0.15, 0.2) is 5.13 Å². The Morgan fingerprint density at radius 2 is 2.32 bits per heavy atom. The number of hydrogen-bond acceptors (Lipinski definition) is 4. The zero-order chi connectivity index (χ0) is 14.0. The SMILES string of the molecule is CC(C)c1csc(NC(=O)N2CCC[C@H]2C(=O)O)n1. The molecule has 0 radical (unpaired) electrons. The number of carbonyl (C=O) groups is 2. The summed E-state index contributed by atoms with van der Waals surface area (Å²) in [5.74, 6) is -0.643. The Morgan fingerprint density at radius 3 is 2.89 bits per heavy atom. The number of amides is 2. The molecule has 1 atom stereocenters. The van der Waals surface area contributed by atoms with Gasteiger partial charge in [-0.25, -0.2) is 14.6 Å². The van der Waals surface area contributed by atoms with Crippen molar-refractivity contribution < 1.29 is 14.7 Å². The Kier molecular flexibility index (Phi) is 4.04. The van der Waals surface area contributed by atoms with Gasteiger partial charge in [-0.2, -0.15) is 0 Å². The van der Waals surface area contributed by atoms with Crippen molar-refractivity contribution in [1.29, 1.82) is 0 Å². The third-order valence-corrected chi connectivity index (χ3v) is 3.90. The Hall–Kier alpha value is -1.63. The van der Waals surface area contributed by atoms with Crippen LogP contribution in [0.1, 0.15) is 38.3 Å². The van der Waals surface area contributed by atoms with Crippen molar-refractivity contribution in [3.8, 4) is 0 Å². The summed E-state index contributed by atoms with van der Waals surface area (Å²) >= 11 is 1.36. The maximum Gasteiger partial charge on any atom is 0.326 e. The molecule has 2 heterocycles. The Labute approximate surface area is 115 Å². The molecule has 0 aromatic carbocycles. The molecule has 6 nitrogen and oxygen atoms in total. The van der Waals surface area contributed by atoms with Gasteiger partial charge in [-0.1, -0.05) is 13.8 Å². The molecule has 0 spiro atoms. The van der Waals surface area contributed by atoms with Crippen LogP contribution in [0.2, 0.25) is 0 Å². The van der Waals surface area contributed by atoms with Gasteiger partial charge >= 0.3 is 12.0 Å². The molecule has 1 aliphatic rings. The number of carbonyl (C=O) groups excluding carboxylic acids is 1. The van der Waals surface area contributed by atoms with Crippen molar-refractivity contribution >= 4 is 28.5 Å². The largest absolute Gasteiger partial charge is 0.480 e. The highest BCUT2D eigenvalue weighted by Crippen LogP contribution is 2.23. The molecule has 1 aliphatic heterocycles. The van der Waals surface area contributed by atoms with Gasteiger partial charge in [0.2, 0.25) is 0 Å². The first-order valence-corrected chi connectivity index (χ1v) is 7.13. The molecule has 1 aromatic rings.